The van der Waals surface area contributed by atoms with Gasteiger partial charge in [-0.25, -0.2) is 0 Å². The van der Waals surface area contributed by atoms with Crippen LogP contribution in [0.25, 0.3) is 0 Å². The number of hydrogen-bond acceptors (Lipinski definition) is 5. The van der Waals surface area contributed by atoms with Gasteiger partial charge in [-0.15, -0.1) is 0 Å². The molecule has 1 aliphatic carbocycles. The van der Waals surface area contributed by atoms with Gasteiger partial charge in [0.15, 0.2) is 11.5 Å². The summed E-state index contributed by atoms with van der Waals surface area (Å²) < 4.78 is 6.48. The maximum absolute atomic E-state index is 6.48. The molecule has 0 radical (unpaired) electrons. The number of para-hydroxylation sites is 9. The summed E-state index contributed by atoms with van der Waals surface area (Å²) in [4.78, 5) is 9.65. The molecule has 0 aromatic heterocycles. The summed E-state index contributed by atoms with van der Waals surface area (Å²) in [7, 11) is 0. The highest BCUT2D eigenvalue weighted by atomic mass is 16.5. The van der Waals surface area contributed by atoms with Crippen LogP contribution in [0.15, 0.2) is 158 Å². The molecule has 7 aromatic rings. The van der Waals surface area contributed by atoms with E-state index in [4.69, 9.17) is 4.74 Å². The second-order valence-corrected chi connectivity index (χ2v) is 13.8. The Morgan fingerprint density at radius 3 is 1.47 bits per heavy atom. The van der Waals surface area contributed by atoms with E-state index in [9.17, 15) is 0 Å². The first-order valence-corrected chi connectivity index (χ1v) is 17.8. The first kappa shape index (κ1) is 28.4. The van der Waals surface area contributed by atoms with E-state index in [-0.39, 0.29) is 0 Å². The molecule has 3 aliphatic heterocycles. The van der Waals surface area contributed by atoms with Gasteiger partial charge in [-0.1, -0.05) is 72.8 Å². The third-order valence-electron chi connectivity index (χ3n) is 10.7. The van der Waals surface area contributed by atoms with Crippen LogP contribution in [-0.2, 0) is 0 Å². The van der Waals surface area contributed by atoms with E-state index in [0.717, 1.165) is 51.3 Å². The second kappa shape index (κ2) is 10.8. The molecule has 4 aliphatic rings. The Balaban J connectivity index is 1.05. The molecule has 1 fully saturated rings. The van der Waals surface area contributed by atoms with Gasteiger partial charge in [0.1, 0.15) is 5.69 Å². The third-order valence-corrected chi connectivity index (χ3v) is 10.7. The molecular weight excluding hydrogens is 625 g/mol. The molecule has 5 nitrogen and oxygen atoms in total. The monoisotopic (exact) mass is 658 g/mol. The molecule has 7 aromatic carbocycles. The van der Waals surface area contributed by atoms with Crippen LogP contribution in [0.2, 0.25) is 0 Å². The van der Waals surface area contributed by atoms with E-state index >= 15 is 0 Å². The van der Waals surface area contributed by atoms with Crippen LogP contribution < -0.4 is 24.3 Å². The molecular formula is C46H34N4O. The summed E-state index contributed by atoms with van der Waals surface area (Å²) in [5.74, 6) is 2.35. The highest BCUT2D eigenvalue weighted by Crippen LogP contribution is 2.62. The minimum absolute atomic E-state index is 0.634. The van der Waals surface area contributed by atoms with Crippen molar-refractivity contribution in [2.24, 2.45) is 0 Å². The zero-order valence-corrected chi connectivity index (χ0v) is 28.2. The van der Waals surface area contributed by atoms with Gasteiger partial charge in [0.25, 0.3) is 0 Å². The second-order valence-electron chi connectivity index (χ2n) is 13.8. The van der Waals surface area contributed by atoms with Crippen LogP contribution >= 0.6 is 0 Å². The average molecular weight is 659 g/mol. The number of benzene rings is 7. The minimum atomic E-state index is 0.634. The predicted molar refractivity (Wildman–Crippen MR) is 209 cm³/mol. The van der Waals surface area contributed by atoms with E-state index in [0.29, 0.717) is 5.92 Å². The Morgan fingerprint density at radius 2 is 0.843 bits per heavy atom. The van der Waals surface area contributed by atoms with Crippen LogP contribution in [0.4, 0.5) is 68.2 Å². The summed E-state index contributed by atoms with van der Waals surface area (Å²) in [6, 6.07) is 56.9. The molecule has 0 saturated heterocycles. The molecule has 0 unspecified atom stereocenters. The van der Waals surface area contributed by atoms with Gasteiger partial charge >= 0.3 is 0 Å². The number of ether oxygens (including phenoxy) is 1. The van der Waals surface area contributed by atoms with Crippen molar-refractivity contribution in [3.63, 3.8) is 0 Å². The molecule has 51 heavy (non-hydrogen) atoms. The zero-order chi connectivity index (χ0) is 33.6. The lowest BCUT2D eigenvalue weighted by molar-refractivity contribution is 0.477. The van der Waals surface area contributed by atoms with Crippen molar-refractivity contribution in [3.8, 4) is 11.5 Å². The average Bonchev–Trinajstić information content (AvgIpc) is 4.03. The number of fused-ring (bicyclic) bond motifs is 6. The fraction of sp³-hybridized carbons (Fsp3) is 0.0870. The van der Waals surface area contributed by atoms with Gasteiger partial charge in [0, 0.05) is 17.1 Å². The van der Waals surface area contributed by atoms with Crippen molar-refractivity contribution in [2.75, 3.05) is 19.6 Å². The van der Waals surface area contributed by atoms with Crippen LogP contribution in [0, 0.1) is 6.92 Å². The maximum atomic E-state index is 6.48. The lowest BCUT2D eigenvalue weighted by atomic mass is 9.99. The highest BCUT2D eigenvalue weighted by molar-refractivity contribution is 6.06. The topological polar surface area (TPSA) is 22.2 Å². The van der Waals surface area contributed by atoms with Crippen molar-refractivity contribution >= 4 is 68.2 Å². The zero-order valence-electron chi connectivity index (χ0n) is 28.2. The molecule has 1 saturated carbocycles. The number of rotatable bonds is 4. The summed E-state index contributed by atoms with van der Waals surface area (Å²) in [5, 5.41) is 0. The maximum Gasteiger partial charge on any atom is 0.153 e. The molecule has 0 N–H and O–H groups in total. The smallest absolute Gasteiger partial charge is 0.153 e. The lowest BCUT2D eigenvalue weighted by Gasteiger charge is -2.43. The SMILES string of the molecule is Cc1cccc2c1N(c1ccccc1C1CC1)c1ccccc1N2c1ccc(N2c3ccccc3N3c4ccccc4Oc4cccc2c43)cc1. The Bertz CT molecular complexity index is 2520. The number of hydrogen-bond donors (Lipinski definition) is 0. The van der Waals surface area contributed by atoms with Gasteiger partial charge < -0.3 is 19.4 Å². The summed E-state index contributed by atoms with van der Waals surface area (Å²) in [5.41, 5.74) is 16.4. The number of anilines is 12. The first-order valence-electron chi connectivity index (χ1n) is 17.8. The van der Waals surface area contributed by atoms with E-state index < -0.39 is 0 Å². The first-order chi connectivity index (χ1) is 25.2. The van der Waals surface area contributed by atoms with Crippen molar-refractivity contribution in [1.29, 1.82) is 0 Å². The predicted octanol–water partition coefficient (Wildman–Crippen LogP) is 13.5. The Labute approximate surface area is 297 Å². The number of aryl methyl sites for hydroxylation is 1. The quantitative estimate of drug-likeness (QED) is 0.187. The van der Waals surface area contributed by atoms with E-state index in [1.54, 1.807) is 0 Å². The van der Waals surface area contributed by atoms with Gasteiger partial charge in [-0.3, -0.25) is 4.90 Å². The molecule has 0 amide bonds. The van der Waals surface area contributed by atoms with E-state index in [2.05, 4.69) is 172 Å². The lowest BCUT2D eigenvalue weighted by Crippen LogP contribution is -2.26. The van der Waals surface area contributed by atoms with Gasteiger partial charge in [-0.2, -0.15) is 0 Å². The Kier molecular flexibility index (Phi) is 5.99. The largest absolute Gasteiger partial charge is 0.453 e. The van der Waals surface area contributed by atoms with Gasteiger partial charge in [0.2, 0.25) is 0 Å². The molecule has 11 rings (SSSR count). The Morgan fingerprint density at radius 1 is 0.392 bits per heavy atom. The normalized spacial score (nSPS) is 14.9. The third kappa shape index (κ3) is 4.15. The van der Waals surface area contributed by atoms with Crippen LogP contribution in [0.5, 0.6) is 11.5 Å². The van der Waals surface area contributed by atoms with Gasteiger partial charge in [-0.05, 0) is 122 Å². The van der Waals surface area contributed by atoms with Gasteiger partial charge in [0.05, 0.1) is 45.5 Å². The minimum Gasteiger partial charge on any atom is -0.453 e. The highest BCUT2D eigenvalue weighted by Gasteiger charge is 2.38. The molecule has 5 heteroatoms. The van der Waals surface area contributed by atoms with Crippen molar-refractivity contribution in [3.05, 3.63) is 169 Å². The van der Waals surface area contributed by atoms with Crippen LogP contribution in [0.3, 0.4) is 0 Å². The molecule has 0 bridgehead atoms. The Hall–Kier alpha value is -6.46. The van der Waals surface area contributed by atoms with Crippen LogP contribution in [-0.4, -0.2) is 0 Å². The van der Waals surface area contributed by atoms with Crippen molar-refractivity contribution < 1.29 is 4.74 Å². The standard InChI is InChI=1S/C46H34N4O/c1-30-12-10-20-41-45(30)49(35-14-3-2-13-34(35)31-24-25-31)38-17-6-4-15-36(38)47(41)32-26-28-33(29-27-32)48-37-16-5-7-18-39(37)50-40-19-8-9-22-43(40)51-44-23-11-21-42(48)46(44)50/h2-23,26-29,31H,24-25H2,1H3. The van der Waals surface area contributed by atoms with Crippen LogP contribution in [0.1, 0.15) is 29.9 Å². The molecule has 3 heterocycles. The molecule has 0 spiro atoms. The molecule has 244 valence electrons. The summed E-state index contributed by atoms with van der Waals surface area (Å²) in [6.45, 7) is 2.24. The summed E-state index contributed by atoms with van der Waals surface area (Å²) in [6.07, 6.45) is 2.52. The fourth-order valence-electron chi connectivity index (χ4n) is 8.38. The molecule has 0 atom stereocenters. The summed E-state index contributed by atoms with van der Waals surface area (Å²) >= 11 is 0. The number of nitrogens with zero attached hydrogens (tertiary/aromatic N) is 4. The van der Waals surface area contributed by atoms with E-state index in [1.165, 1.54) is 52.4 Å². The van der Waals surface area contributed by atoms with Crippen molar-refractivity contribution in [2.45, 2.75) is 25.7 Å². The van der Waals surface area contributed by atoms with E-state index in [1.807, 2.05) is 12.1 Å². The fourth-order valence-corrected chi connectivity index (χ4v) is 8.38. The van der Waals surface area contributed by atoms with Crippen molar-refractivity contribution in [1.82, 2.24) is 0 Å².